The summed E-state index contributed by atoms with van der Waals surface area (Å²) in [5.41, 5.74) is 2.12. The second-order valence-corrected chi connectivity index (χ2v) is 7.53. The molecule has 0 bridgehead atoms. The first kappa shape index (κ1) is 18.3. The van der Waals surface area contributed by atoms with E-state index in [1.807, 2.05) is 37.3 Å². The lowest BCUT2D eigenvalue weighted by molar-refractivity contribution is 0.132. The minimum atomic E-state index is -0.385. The van der Waals surface area contributed by atoms with E-state index in [2.05, 4.69) is 17.0 Å². The van der Waals surface area contributed by atoms with Crippen molar-refractivity contribution in [2.24, 2.45) is 5.92 Å². The number of benzene rings is 1. The maximum atomic E-state index is 12.6. The molecule has 0 unspecified atom stereocenters. The van der Waals surface area contributed by atoms with Crippen LogP contribution in [0.1, 0.15) is 30.9 Å². The molecule has 0 saturated carbocycles. The number of pyridine rings is 1. The van der Waals surface area contributed by atoms with Gasteiger partial charge in [0.2, 0.25) is 5.56 Å². The van der Waals surface area contributed by atoms with Gasteiger partial charge in [0.25, 0.3) is 5.88 Å². The maximum Gasteiger partial charge on any atom is 0.416 e. The van der Waals surface area contributed by atoms with Crippen LogP contribution >= 0.6 is 0 Å². The second kappa shape index (κ2) is 7.50. The molecule has 1 N–H and O–H groups in total. The van der Waals surface area contributed by atoms with Crippen molar-refractivity contribution in [3.63, 3.8) is 0 Å². The molecule has 3 aromatic rings. The first-order valence-corrected chi connectivity index (χ1v) is 9.62. The molecule has 0 radical (unpaired) electrons. The Morgan fingerprint density at radius 1 is 1.25 bits per heavy atom. The van der Waals surface area contributed by atoms with Crippen molar-refractivity contribution in [2.45, 2.75) is 33.2 Å². The van der Waals surface area contributed by atoms with E-state index in [0.717, 1.165) is 24.0 Å². The number of carbonyl (C=O) groups is 1. The summed E-state index contributed by atoms with van der Waals surface area (Å²) in [6.45, 7) is 5.87. The Kier molecular flexibility index (Phi) is 4.90. The van der Waals surface area contributed by atoms with Gasteiger partial charge in [-0.25, -0.2) is 9.48 Å². The van der Waals surface area contributed by atoms with Gasteiger partial charge < -0.3 is 14.6 Å². The molecule has 1 aromatic carbocycles. The third-order valence-electron chi connectivity index (χ3n) is 5.30. The average molecular weight is 380 g/mol. The maximum absolute atomic E-state index is 12.6. The van der Waals surface area contributed by atoms with Gasteiger partial charge in [-0.1, -0.05) is 37.3 Å². The fraction of sp³-hybridized carbons (Fsp3) is 0.381. The molecule has 4 rings (SSSR count). The van der Waals surface area contributed by atoms with Gasteiger partial charge in [0, 0.05) is 19.2 Å². The van der Waals surface area contributed by atoms with Crippen LogP contribution in [0.25, 0.3) is 11.0 Å². The summed E-state index contributed by atoms with van der Waals surface area (Å²) >= 11 is 0. The Morgan fingerprint density at radius 3 is 2.68 bits per heavy atom. The zero-order chi connectivity index (χ0) is 19.7. The van der Waals surface area contributed by atoms with Gasteiger partial charge in [-0.05, 0) is 36.8 Å². The molecule has 3 heterocycles. The van der Waals surface area contributed by atoms with Crippen molar-refractivity contribution >= 4 is 17.1 Å². The number of ether oxygens (including phenoxy) is 1. The average Bonchev–Trinajstić information content (AvgIpc) is 3.00. The van der Waals surface area contributed by atoms with Crippen molar-refractivity contribution in [3.8, 4) is 5.88 Å². The number of aryl methyl sites for hydroxylation is 1. The van der Waals surface area contributed by atoms with Crippen LogP contribution in [-0.4, -0.2) is 38.8 Å². The number of rotatable bonds is 3. The van der Waals surface area contributed by atoms with Crippen molar-refractivity contribution in [2.75, 3.05) is 13.1 Å². The molecule has 1 saturated heterocycles. The molecule has 0 aliphatic carbocycles. The fourth-order valence-electron chi connectivity index (χ4n) is 3.62. The van der Waals surface area contributed by atoms with Crippen molar-refractivity contribution in [3.05, 3.63) is 57.9 Å². The Bertz CT molecular complexity index is 1050. The number of hydrogen-bond donors (Lipinski definition) is 1. The molecule has 7 heteroatoms. The predicted molar refractivity (Wildman–Crippen MR) is 107 cm³/mol. The van der Waals surface area contributed by atoms with Gasteiger partial charge in [-0.2, -0.15) is 0 Å². The Balaban J connectivity index is 1.68. The van der Waals surface area contributed by atoms with Gasteiger partial charge >= 0.3 is 6.09 Å². The highest BCUT2D eigenvalue weighted by Crippen LogP contribution is 2.27. The highest BCUT2D eigenvalue weighted by Gasteiger charge is 2.25. The minimum absolute atomic E-state index is 0.206. The topological polar surface area (TPSA) is 80.2 Å². The van der Waals surface area contributed by atoms with E-state index in [9.17, 15) is 9.59 Å². The van der Waals surface area contributed by atoms with Gasteiger partial charge in [-0.15, -0.1) is 5.10 Å². The lowest BCUT2D eigenvalue weighted by atomic mass is 10.00. The SMILES string of the molecule is Cc1cc(=O)[nH]c2c1c(OC(=O)N1CCC(C)CC1)nn2Cc1ccccc1. The predicted octanol–water partition coefficient (Wildman–Crippen LogP) is 3.31. The quantitative estimate of drug-likeness (QED) is 0.756. The van der Waals surface area contributed by atoms with Crippen LogP contribution in [0.4, 0.5) is 4.79 Å². The number of aromatic nitrogens is 3. The van der Waals surface area contributed by atoms with Crippen LogP contribution in [0.5, 0.6) is 5.88 Å². The number of carbonyl (C=O) groups excluding carboxylic acids is 1. The van der Waals surface area contributed by atoms with Crippen LogP contribution < -0.4 is 10.3 Å². The van der Waals surface area contributed by atoms with Crippen molar-refractivity contribution in [1.29, 1.82) is 0 Å². The molecule has 0 atom stereocenters. The summed E-state index contributed by atoms with van der Waals surface area (Å²) in [5, 5.41) is 5.17. The van der Waals surface area contributed by atoms with E-state index >= 15 is 0 Å². The smallest absolute Gasteiger partial charge is 0.389 e. The van der Waals surface area contributed by atoms with Gasteiger partial charge in [0.1, 0.15) is 5.65 Å². The molecule has 28 heavy (non-hydrogen) atoms. The number of piperidine rings is 1. The molecular formula is C21H24N4O3. The number of fused-ring (bicyclic) bond motifs is 1. The Morgan fingerprint density at radius 2 is 1.96 bits per heavy atom. The van der Waals surface area contributed by atoms with Crippen molar-refractivity contribution in [1.82, 2.24) is 19.7 Å². The molecule has 2 aromatic heterocycles. The lowest BCUT2D eigenvalue weighted by Crippen LogP contribution is -2.39. The fourth-order valence-corrected chi connectivity index (χ4v) is 3.62. The molecule has 0 spiro atoms. The van der Waals surface area contributed by atoms with E-state index in [1.54, 1.807) is 9.58 Å². The third kappa shape index (κ3) is 3.65. The molecule has 7 nitrogen and oxygen atoms in total. The third-order valence-corrected chi connectivity index (χ3v) is 5.30. The molecule has 1 amide bonds. The number of amides is 1. The number of likely N-dealkylation sites (tertiary alicyclic amines) is 1. The van der Waals surface area contributed by atoms with Gasteiger partial charge in [0.05, 0.1) is 11.9 Å². The van der Waals surface area contributed by atoms with Crippen LogP contribution in [0.15, 0.2) is 41.2 Å². The molecular weight excluding hydrogens is 356 g/mol. The first-order valence-electron chi connectivity index (χ1n) is 9.62. The first-order chi connectivity index (χ1) is 13.5. The Labute approximate surface area is 162 Å². The number of hydrogen-bond acceptors (Lipinski definition) is 4. The summed E-state index contributed by atoms with van der Waals surface area (Å²) in [4.78, 5) is 29.2. The van der Waals surface area contributed by atoms with E-state index in [-0.39, 0.29) is 17.5 Å². The normalized spacial score (nSPS) is 15.1. The van der Waals surface area contributed by atoms with E-state index in [4.69, 9.17) is 4.74 Å². The van der Waals surface area contributed by atoms with Crippen LogP contribution in [-0.2, 0) is 6.54 Å². The van der Waals surface area contributed by atoms with Crippen LogP contribution in [0.2, 0.25) is 0 Å². The summed E-state index contributed by atoms with van der Waals surface area (Å²) in [7, 11) is 0. The van der Waals surface area contributed by atoms with Gasteiger partial charge in [-0.3, -0.25) is 4.79 Å². The lowest BCUT2D eigenvalue weighted by Gasteiger charge is -2.29. The monoisotopic (exact) mass is 380 g/mol. The Hall–Kier alpha value is -3.09. The molecule has 1 aliphatic heterocycles. The van der Waals surface area contributed by atoms with E-state index in [1.165, 1.54) is 6.07 Å². The summed E-state index contributed by atoms with van der Waals surface area (Å²) < 4.78 is 7.35. The van der Waals surface area contributed by atoms with E-state index < -0.39 is 0 Å². The highest BCUT2D eigenvalue weighted by molar-refractivity contribution is 5.87. The zero-order valence-corrected chi connectivity index (χ0v) is 16.1. The number of nitrogens with one attached hydrogen (secondary N) is 1. The second-order valence-electron chi connectivity index (χ2n) is 7.53. The highest BCUT2D eigenvalue weighted by atomic mass is 16.6. The molecule has 1 fully saturated rings. The molecule has 1 aliphatic rings. The van der Waals surface area contributed by atoms with Crippen molar-refractivity contribution < 1.29 is 9.53 Å². The van der Waals surface area contributed by atoms with E-state index in [0.29, 0.717) is 36.6 Å². The number of aromatic amines is 1. The zero-order valence-electron chi connectivity index (χ0n) is 16.1. The number of H-pyrrole nitrogens is 1. The van der Waals surface area contributed by atoms with Crippen LogP contribution in [0, 0.1) is 12.8 Å². The van der Waals surface area contributed by atoms with Crippen LogP contribution in [0.3, 0.4) is 0 Å². The minimum Gasteiger partial charge on any atom is -0.389 e. The molecule has 146 valence electrons. The standard InChI is InChI=1S/C21H24N4O3/c1-14-8-10-24(11-9-14)21(27)28-20-18-15(2)12-17(26)22-19(18)25(23-20)13-16-6-4-3-5-7-16/h3-7,12,14H,8-11,13H2,1-2H3,(H,22,26). The van der Waals surface area contributed by atoms with Gasteiger partial charge in [0.15, 0.2) is 0 Å². The summed E-state index contributed by atoms with van der Waals surface area (Å²) in [6, 6.07) is 11.3. The number of nitrogens with zero attached hydrogens (tertiary/aromatic N) is 3. The summed E-state index contributed by atoms with van der Waals surface area (Å²) in [6.07, 6.45) is 1.57. The largest absolute Gasteiger partial charge is 0.416 e. The summed E-state index contributed by atoms with van der Waals surface area (Å²) in [5.74, 6) is 0.866.